The van der Waals surface area contributed by atoms with Crippen LogP contribution in [0.2, 0.25) is 0 Å². The highest BCUT2D eigenvalue weighted by Crippen LogP contribution is 2.20. The van der Waals surface area contributed by atoms with Crippen molar-refractivity contribution in [3.8, 4) is 17.3 Å². The zero-order chi connectivity index (χ0) is 17.1. The number of ether oxygens (including phenoxy) is 1. The van der Waals surface area contributed by atoms with Gasteiger partial charge < -0.3 is 14.7 Å². The van der Waals surface area contributed by atoms with Crippen LogP contribution in [-0.4, -0.2) is 46.8 Å². The summed E-state index contributed by atoms with van der Waals surface area (Å²) >= 11 is 0. The second-order valence-electron chi connectivity index (χ2n) is 5.77. The van der Waals surface area contributed by atoms with Crippen molar-refractivity contribution in [2.75, 3.05) is 27.2 Å². The van der Waals surface area contributed by atoms with Crippen molar-refractivity contribution in [2.24, 2.45) is 0 Å². The van der Waals surface area contributed by atoms with Gasteiger partial charge in [-0.3, -0.25) is 9.36 Å². The third kappa shape index (κ3) is 3.55. The molecule has 2 aromatic heterocycles. The van der Waals surface area contributed by atoms with Crippen LogP contribution in [0, 0.1) is 0 Å². The minimum Gasteiger partial charge on any atom is -0.508 e. The van der Waals surface area contributed by atoms with E-state index in [-0.39, 0.29) is 11.3 Å². The van der Waals surface area contributed by atoms with Gasteiger partial charge in [0.2, 0.25) is 5.88 Å². The molecule has 1 aromatic carbocycles. The average Bonchev–Trinajstić information content (AvgIpc) is 2.54. The summed E-state index contributed by atoms with van der Waals surface area (Å²) in [7, 11) is 3.98. The normalized spacial score (nSPS) is 11.1. The Morgan fingerprint density at radius 3 is 2.75 bits per heavy atom. The van der Waals surface area contributed by atoms with Crippen molar-refractivity contribution < 1.29 is 9.84 Å². The van der Waals surface area contributed by atoms with Gasteiger partial charge in [0, 0.05) is 35.9 Å². The predicted molar refractivity (Wildman–Crippen MR) is 93.1 cm³/mol. The van der Waals surface area contributed by atoms with Crippen molar-refractivity contribution in [2.45, 2.75) is 0 Å². The van der Waals surface area contributed by atoms with Gasteiger partial charge in [0.1, 0.15) is 12.4 Å². The molecule has 0 radical (unpaired) electrons. The molecule has 3 rings (SSSR count). The van der Waals surface area contributed by atoms with E-state index in [1.165, 1.54) is 16.7 Å². The molecule has 124 valence electrons. The van der Waals surface area contributed by atoms with E-state index in [9.17, 15) is 9.90 Å². The number of aromatic nitrogens is 2. The maximum atomic E-state index is 12.0. The molecule has 0 bridgehead atoms. The molecule has 0 aliphatic rings. The largest absolute Gasteiger partial charge is 0.508 e. The molecule has 6 heteroatoms. The summed E-state index contributed by atoms with van der Waals surface area (Å²) in [5.41, 5.74) is 1.23. The van der Waals surface area contributed by atoms with Crippen LogP contribution in [0.5, 0.6) is 11.6 Å². The maximum absolute atomic E-state index is 12.0. The van der Waals surface area contributed by atoms with Crippen molar-refractivity contribution >= 4 is 10.9 Å². The number of hydrogen-bond acceptors (Lipinski definition) is 5. The molecule has 0 spiro atoms. The van der Waals surface area contributed by atoms with E-state index in [2.05, 4.69) is 4.98 Å². The lowest BCUT2D eigenvalue weighted by Gasteiger charge is -2.11. The lowest BCUT2D eigenvalue weighted by atomic mass is 10.2. The summed E-state index contributed by atoms with van der Waals surface area (Å²) < 4.78 is 7.11. The Morgan fingerprint density at radius 2 is 2.00 bits per heavy atom. The van der Waals surface area contributed by atoms with Gasteiger partial charge in [-0.2, -0.15) is 0 Å². The van der Waals surface area contributed by atoms with Crippen molar-refractivity contribution in [1.29, 1.82) is 0 Å². The fraction of sp³-hybridized carbons (Fsp3) is 0.222. The number of hydrogen-bond donors (Lipinski definition) is 1. The molecule has 0 fully saturated rings. The van der Waals surface area contributed by atoms with E-state index in [0.29, 0.717) is 12.5 Å². The molecule has 24 heavy (non-hydrogen) atoms. The van der Waals surface area contributed by atoms with Gasteiger partial charge in [-0.1, -0.05) is 0 Å². The Labute approximate surface area is 139 Å². The monoisotopic (exact) mass is 325 g/mol. The summed E-state index contributed by atoms with van der Waals surface area (Å²) in [5.74, 6) is 0.539. The fourth-order valence-corrected chi connectivity index (χ4v) is 2.34. The van der Waals surface area contributed by atoms with Crippen molar-refractivity contribution in [3.63, 3.8) is 0 Å². The number of fused-ring (bicyclic) bond motifs is 1. The summed E-state index contributed by atoms with van der Waals surface area (Å²) in [6.45, 7) is 1.40. The van der Waals surface area contributed by atoms with Crippen LogP contribution in [0.1, 0.15) is 0 Å². The third-order valence-corrected chi connectivity index (χ3v) is 3.62. The maximum Gasteiger partial charge on any atom is 0.258 e. The number of likely N-dealkylation sites (N-methyl/N-ethyl adjacent to an activating group) is 1. The molecule has 0 saturated heterocycles. The molecular weight excluding hydrogens is 306 g/mol. The molecular formula is C18H19N3O3. The zero-order valence-electron chi connectivity index (χ0n) is 13.6. The highest BCUT2D eigenvalue weighted by Gasteiger charge is 2.04. The highest BCUT2D eigenvalue weighted by atomic mass is 16.5. The molecule has 0 saturated carbocycles. The molecule has 0 aliphatic carbocycles. The van der Waals surface area contributed by atoms with E-state index in [1.54, 1.807) is 6.20 Å². The second kappa shape index (κ2) is 6.72. The van der Waals surface area contributed by atoms with Gasteiger partial charge in [0.15, 0.2) is 0 Å². The van der Waals surface area contributed by atoms with Gasteiger partial charge in [-0.15, -0.1) is 0 Å². The lowest BCUT2D eigenvalue weighted by molar-refractivity contribution is 0.254. The van der Waals surface area contributed by atoms with E-state index < -0.39 is 0 Å². The molecule has 0 atom stereocenters. The van der Waals surface area contributed by atoms with Gasteiger partial charge in [0.05, 0.1) is 5.52 Å². The van der Waals surface area contributed by atoms with Gasteiger partial charge >= 0.3 is 0 Å². The summed E-state index contributed by atoms with van der Waals surface area (Å²) in [4.78, 5) is 18.5. The van der Waals surface area contributed by atoms with Gasteiger partial charge in [-0.05, 0) is 44.4 Å². The third-order valence-electron chi connectivity index (χ3n) is 3.62. The first kappa shape index (κ1) is 16.0. The van der Waals surface area contributed by atoms with Gasteiger partial charge in [0.25, 0.3) is 5.56 Å². The lowest BCUT2D eigenvalue weighted by Crippen LogP contribution is -2.19. The van der Waals surface area contributed by atoms with E-state index in [4.69, 9.17) is 4.74 Å². The molecule has 0 aliphatic heterocycles. The van der Waals surface area contributed by atoms with E-state index >= 15 is 0 Å². The van der Waals surface area contributed by atoms with Crippen LogP contribution in [0.25, 0.3) is 16.6 Å². The Morgan fingerprint density at radius 1 is 1.17 bits per heavy atom. The quantitative estimate of drug-likeness (QED) is 0.777. The smallest absolute Gasteiger partial charge is 0.258 e. The Kier molecular flexibility index (Phi) is 4.48. The average molecular weight is 325 g/mol. The molecule has 2 heterocycles. The number of nitrogens with zero attached hydrogens (tertiary/aromatic N) is 3. The topological polar surface area (TPSA) is 67.6 Å². The predicted octanol–water partition coefficient (Wildman–Crippen LogP) is 2.03. The second-order valence-corrected chi connectivity index (χ2v) is 5.77. The first-order chi connectivity index (χ1) is 11.5. The summed E-state index contributed by atoms with van der Waals surface area (Å²) in [5, 5.41) is 10.3. The highest BCUT2D eigenvalue weighted by molar-refractivity contribution is 5.81. The van der Waals surface area contributed by atoms with Crippen LogP contribution >= 0.6 is 0 Å². The first-order valence-corrected chi connectivity index (χ1v) is 7.63. The number of pyridine rings is 2. The van der Waals surface area contributed by atoms with Crippen molar-refractivity contribution in [3.05, 3.63) is 59.0 Å². The molecule has 3 aromatic rings. The minimum atomic E-state index is -0.286. The summed E-state index contributed by atoms with van der Waals surface area (Å²) in [6.07, 6.45) is 1.55. The Bertz CT molecular complexity index is 919. The SMILES string of the molecule is CN(C)CCOc1ccc2cc(-n3ccc(O)cc3=O)ccc2n1. The number of aromatic hydroxyl groups is 1. The van der Waals surface area contributed by atoms with Crippen molar-refractivity contribution in [1.82, 2.24) is 14.5 Å². The van der Waals surface area contributed by atoms with Crippen LogP contribution in [-0.2, 0) is 0 Å². The Hall–Kier alpha value is -2.86. The van der Waals surface area contributed by atoms with Gasteiger partial charge in [-0.25, -0.2) is 4.98 Å². The molecule has 1 N–H and O–H groups in total. The van der Waals surface area contributed by atoms with Crippen LogP contribution in [0.3, 0.4) is 0 Å². The van der Waals surface area contributed by atoms with E-state index in [1.807, 2.05) is 49.3 Å². The van der Waals surface area contributed by atoms with Crippen LogP contribution < -0.4 is 10.3 Å². The fourth-order valence-electron chi connectivity index (χ4n) is 2.34. The Balaban J connectivity index is 1.88. The van der Waals surface area contributed by atoms with Crippen LogP contribution in [0.15, 0.2) is 53.5 Å². The summed E-state index contributed by atoms with van der Waals surface area (Å²) in [6, 6.07) is 11.9. The first-order valence-electron chi connectivity index (χ1n) is 7.63. The van der Waals surface area contributed by atoms with E-state index in [0.717, 1.165) is 23.1 Å². The molecule has 0 amide bonds. The zero-order valence-corrected chi connectivity index (χ0v) is 13.6. The standard InChI is InChI=1S/C18H19N3O3/c1-20(2)9-10-24-17-6-3-13-11-14(4-5-16(13)19-17)21-8-7-15(22)12-18(21)23/h3-8,11-12,22H,9-10H2,1-2H3. The minimum absolute atomic E-state index is 0.0433. The molecule has 6 nitrogen and oxygen atoms in total. The molecule has 0 unspecified atom stereocenters. The van der Waals surface area contributed by atoms with Crippen LogP contribution in [0.4, 0.5) is 0 Å². The number of rotatable bonds is 5. The number of benzene rings is 1.